The predicted molar refractivity (Wildman–Crippen MR) is 93.9 cm³/mol. The van der Waals surface area contributed by atoms with Crippen molar-refractivity contribution in [2.45, 2.75) is 24.0 Å². The summed E-state index contributed by atoms with van der Waals surface area (Å²) in [5.41, 5.74) is -0.505. The van der Waals surface area contributed by atoms with Crippen LogP contribution in [0.5, 0.6) is 0 Å². The van der Waals surface area contributed by atoms with Crippen molar-refractivity contribution < 1.29 is 9.47 Å². The van der Waals surface area contributed by atoms with Gasteiger partial charge in [-0.05, 0) is 48.3 Å². The van der Waals surface area contributed by atoms with E-state index in [2.05, 4.69) is 48.6 Å². The maximum Gasteiger partial charge on any atom is 0.353 e. The standard InChI is InChI=1S/C21H20O2S/c24-19-22-20(9-13-3-1-11-5-7-15(20)17(11)13)21(23-19)10-14-4-2-12-6-8-16(21)18(12)14/h1-8,11-18H,9-10H2/t11-,12+,13-,14-,15-,16+,17+,18+,20-,21-/m0/s1. The first-order chi connectivity index (χ1) is 11.7. The lowest BCUT2D eigenvalue weighted by molar-refractivity contribution is -0.0861. The topological polar surface area (TPSA) is 18.5 Å². The van der Waals surface area contributed by atoms with Gasteiger partial charge < -0.3 is 9.47 Å². The first kappa shape index (κ1) is 12.9. The second-order valence-electron chi connectivity index (χ2n) is 8.87. The van der Waals surface area contributed by atoms with Gasteiger partial charge in [-0.3, -0.25) is 0 Å². The summed E-state index contributed by atoms with van der Waals surface area (Å²) in [6, 6.07) is 0. The van der Waals surface area contributed by atoms with E-state index in [0.29, 0.717) is 52.6 Å². The number of thiocarbonyl (C=S) groups is 1. The number of hydrogen-bond acceptors (Lipinski definition) is 3. The van der Waals surface area contributed by atoms with Gasteiger partial charge in [0.2, 0.25) is 0 Å². The van der Waals surface area contributed by atoms with Gasteiger partial charge in [0, 0.05) is 24.1 Å². The molecule has 24 heavy (non-hydrogen) atoms. The Labute approximate surface area is 147 Å². The molecule has 0 aromatic carbocycles. The van der Waals surface area contributed by atoms with Crippen LogP contribution in [-0.2, 0) is 9.47 Å². The Morgan fingerprint density at radius 1 is 0.708 bits per heavy atom. The zero-order valence-electron chi connectivity index (χ0n) is 13.4. The molecular formula is C21H20O2S. The normalized spacial score (nSPS) is 62.2. The number of allylic oxidation sites excluding steroid dienone is 6. The highest BCUT2D eigenvalue weighted by Gasteiger charge is 2.77. The van der Waals surface area contributed by atoms with E-state index in [1.165, 1.54) is 0 Å². The Morgan fingerprint density at radius 3 is 1.67 bits per heavy atom. The van der Waals surface area contributed by atoms with Crippen LogP contribution >= 0.6 is 12.2 Å². The summed E-state index contributed by atoms with van der Waals surface area (Å²) in [5, 5.41) is 0.400. The van der Waals surface area contributed by atoms with Gasteiger partial charge >= 0.3 is 5.24 Å². The molecule has 3 fully saturated rings. The molecule has 0 aromatic heterocycles. The second-order valence-corrected chi connectivity index (χ2v) is 9.20. The fourth-order valence-corrected chi connectivity index (χ4v) is 8.01. The van der Waals surface area contributed by atoms with E-state index < -0.39 is 0 Å². The van der Waals surface area contributed by atoms with Gasteiger partial charge in [-0.25, -0.2) is 0 Å². The van der Waals surface area contributed by atoms with E-state index in [1.807, 2.05) is 0 Å². The minimum Gasteiger partial charge on any atom is -0.445 e. The molecule has 0 unspecified atom stereocenters. The van der Waals surface area contributed by atoms with Crippen LogP contribution in [0.4, 0.5) is 0 Å². The first-order valence-corrected chi connectivity index (χ1v) is 9.78. The zero-order valence-corrected chi connectivity index (χ0v) is 14.2. The summed E-state index contributed by atoms with van der Waals surface area (Å²) < 4.78 is 13.0. The molecule has 6 aliphatic carbocycles. The van der Waals surface area contributed by atoms with Gasteiger partial charge in [-0.2, -0.15) is 0 Å². The van der Waals surface area contributed by atoms with Gasteiger partial charge in [0.1, 0.15) is 0 Å². The molecule has 0 aromatic rings. The molecule has 0 amide bonds. The van der Waals surface area contributed by atoms with Crippen LogP contribution in [0.1, 0.15) is 12.8 Å². The summed E-state index contributed by atoms with van der Waals surface area (Å²) in [7, 11) is 0. The lowest BCUT2D eigenvalue weighted by Crippen LogP contribution is -2.56. The summed E-state index contributed by atoms with van der Waals surface area (Å²) in [4.78, 5) is 0. The monoisotopic (exact) mass is 336 g/mol. The lowest BCUT2D eigenvalue weighted by Gasteiger charge is -2.43. The van der Waals surface area contributed by atoms with Gasteiger partial charge in [-0.15, -0.1) is 0 Å². The summed E-state index contributed by atoms with van der Waals surface area (Å²) in [5.74, 6) is 4.66. The minimum atomic E-state index is -0.252. The van der Waals surface area contributed by atoms with Crippen LogP contribution in [0.15, 0.2) is 48.6 Å². The first-order valence-electron chi connectivity index (χ1n) is 9.37. The fraction of sp³-hybridized carbons (Fsp3) is 0.571. The minimum absolute atomic E-state index is 0.252. The number of hydrogen-bond donors (Lipinski definition) is 0. The fourth-order valence-electron chi connectivity index (χ4n) is 7.71. The van der Waals surface area contributed by atoms with E-state index in [1.54, 1.807) is 0 Å². The molecule has 1 heterocycles. The highest BCUT2D eigenvalue weighted by Crippen LogP contribution is 2.71. The number of fused-ring (bicyclic) bond motifs is 3. The maximum atomic E-state index is 6.50. The molecular weight excluding hydrogens is 316 g/mol. The molecule has 122 valence electrons. The van der Waals surface area contributed by atoms with Crippen molar-refractivity contribution in [1.82, 2.24) is 0 Å². The molecule has 2 nitrogen and oxygen atoms in total. The molecule has 3 heteroatoms. The second kappa shape index (κ2) is 3.75. The average Bonchev–Trinajstić information content (AvgIpc) is 3.32. The molecule has 7 rings (SSSR count). The third-order valence-electron chi connectivity index (χ3n) is 8.35. The van der Waals surface area contributed by atoms with Gasteiger partial charge in [-0.1, -0.05) is 48.6 Å². The van der Waals surface area contributed by atoms with Crippen molar-refractivity contribution in [2.75, 3.05) is 0 Å². The van der Waals surface area contributed by atoms with Crippen LogP contribution in [0.25, 0.3) is 0 Å². The number of ether oxygens (including phenoxy) is 2. The highest BCUT2D eigenvalue weighted by molar-refractivity contribution is 7.79. The lowest BCUT2D eigenvalue weighted by atomic mass is 9.68. The predicted octanol–water partition coefficient (Wildman–Crippen LogP) is 3.81. The Bertz CT molecular complexity index is 730. The van der Waals surface area contributed by atoms with Crippen molar-refractivity contribution in [3.05, 3.63) is 48.6 Å². The quantitative estimate of drug-likeness (QED) is 0.495. The summed E-state index contributed by atoms with van der Waals surface area (Å²) in [6.07, 6.45) is 21.5. The highest BCUT2D eigenvalue weighted by atomic mass is 32.1. The smallest absolute Gasteiger partial charge is 0.353 e. The molecule has 7 aliphatic rings. The van der Waals surface area contributed by atoms with E-state index in [4.69, 9.17) is 21.7 Å². The Balaban J connectivity index is 1.43. The van der Waals surface area contributed by atoms with Crippen molar-refractivity contribution in [3.8, 4) is 0 Å². The maximum absolute atomic E-state index is 6.50. The van der Waals surface area contributed by atoms with E-state index >= 15 is 0 Å². The molecule has 2 saturated carbocycles. The van der Waals surface area contributed by atoms with E-state index in [9.17, 15) is 0 Å². The molecule has 0 radical (unpaired) electrons. The van der Waals surface area contributed by atoms with Crippen LogP contribution in [0, 0.1) is 47.3 Å². The van der Waals surface area contributed by atoms with Crippen molar-refractivity contribution in [3.63, 3.8) is 0 Å². The summed E-state index contributed by atoms with van der Waals surface area (Å²) in [6.45, 7) is 0. The van der Waals surface area contributed by atoms with Gasteiger partial charge in [0.25, 0.3) is 0 Å². The average molecular weight is 336 g/mol. The van der Waals surface area contributed by atoms with Crippen molar-refractivity contribution in [1.29, 1.82) is 0 Å². The summed E-state index contributed by atoms with van der Waals surface area (Å²) >= 11 is 5.50. The van der Waals surface area contributed by atoms with Crippen LogP contribution in [0.3, 0.4) is 0 Å². The molecule has 2 spiro atoms. The molecule has 0 bridgehead atoms. The molecule has 0 N–H and O–H groups in total. The third kappa shape index (κ3) is 1.14. The largest absolute Gasteiger partial charge is 0.445 e. The van der Waals surface area contributed by atoms with Gasteiger partial charge in [0.05, 0.1) is 0 Å². The molecule has 10 atom stereocenters. The third-order valence-corrected chi connectivity index (χ3v) is 8.52. The molecule has 1 aliphatic heterocycles. The van der Waals surface area contributed by atoms with E-state index in [-0.39, 0.29) is 11.2 Å². The Morgan fingerprint density at radius 2 is 1.17 bits per heavy atom. The molecule has 1 saturated heterocycles. The zero-order chi connectivity index (χ0) is 15.7. The van der Waals surface area contributed by atoms with Crippen molar-refractivity contribution >= 4 is 17.5 Å². The Hall–Kier alpha value is -1.35. The van der Waals surface area contributed by atoms with Crippen LogP contribution in [0.2, 0.25) is 0 Å². The SMILES string of the molecule is S=C1O[C@]2(C[C@@H]3C=C[C@@H]4C=C[C@@H]2[C@H]43)[C@@]2(C[C@@H]3C=C[C@H]4C=C[C@H]2[C@H]43)O1. The van der Waals surface area contributed by atoms with Gasteiger partial charge in [0.15, 0.2) is 11.2 Å². The van der Waals surface area contributed by atoms with Crippen LogP contribution in [-0.4, -0.2) is 16.4 Å². The van der Waals surface area contributed by atoms with Crippen LogP contribution < -0.4 is 0 Å². The number of rotatable bonds is 0. The Kier molecular flexibility index (Phi) is 2.02. The van der Waals surface area contributed by atoms with Crippen molar-refractivity contribution in [2.24, 2.45) is 47.3 Å². The van der Waals surface area contributed by atoms with E-state index in [0.717, 1.165) is 12.8 Å².